The topological polar surface area (TPSA) is 112 Å². The molecule has 0 radical (unpaired) electrons. The van der Waals surface area contributed by atoms with Crippen LogP contribution < -0.4 is 20.7 Å². The highest BCUT2D eigenvalue weighted by atomic mass is 32.2. The summed E-state index contributed by atoms with van der Waals surface area (Å²) in [4.78, 5) is 16.2. The number of aliphatic imine (C=N–C) groups is 1. The van der Waals surface area contributed by atoms with Crippen molar-refractivity contribution < 1.29 is 13.2 Å². The summed E-state index contributed by atoms with van der Waals surface area (Å²) in [5.41, 5.74) is -0.304. The van der Waals surface area contributed by atoms with Crippen molar-refractivity contribution in [2.24, 2.45) is 4.99 Å². The fourth-order valence-electron chi connectivity index (χ4n) is 2.40. The molecule has 0 atom stereocenters. The van der Waals surface area contributed by atoms with Crippen molar-refractivity contribution in [2.45, 2.75) is 64.1 Å². The Morgan fingerprint density at radius 2 is 1.61 bits per heavy atom. The Bertz CT molecular complexity index is 806. The first-order valence-corrected chi connectivity index (χ1v) is 10.6. The van der Waals surface area contributed by atoms with Gasteiger partial charge in [-0.25, -0.2) is 13.1 Å². The van der Waals surface area contributed by atoms with Gasteiger partial charge in [0.05, 0.1) is 11.4 Å². The molecule has 0 aromatic heterocycles. The number of guanidine groups is 1. The lowest BCUT2D eigenvalue weighted by atomic mass is 10.1. The number of carbonyl (C=O) groups excluding carboxylic acids is 1. The van der Waals surface area contributed by atoms with Crippen LogP contribution in [-0.4, -0.2) is 45.0 Å². The van der Waals surface area contributed by atoms with Gasteiger partial charge in [-0.05, 0) is 53.2 Å². The molecule has 0 spiro atoms. The number of hydrogen-bond donors (Lipinski definition) is 4. The third kappa shape index (κ3) is 8.71. The van der Waals surface area contributed by atoms with Crippen LogP contribution in [0.4, 0.5) is 0 Å². The first-order valence-electron chi connectivity index (χ1n) is 9.11. The maximum atomic E-state index is 12.7. The van der Waals surface area contributed by atoms with Gasteiger partial charge in [0.15, 0.2) is 5.96 Å². The fraction of sp³-hybridized carbons (Fsp3) is 0.579. The first-order chi connectivity index (χ1) is 12.7. The second kappa shape index (κ2) is 9.38. The Hall–Kier alpha value is -2.13. The SMILES string of the molecule is CN=C(NCC(=O)NC(C)(C)C)NCc1ccccc1S(=O)(=O)NC(C)(C)C. The molecule has 1 rings (SSSR count). The van der Waals surface area contributed by atoms with Crippen LogP contribution in [0.2, 0.25) is 0 Å². The van der Waals surface area contributed by atoms with Gasteiger partial charge in [0.1, 0.15) is 0 Å². The Kier molecular flexibility index (Phi) is 8.01. The molecule has 158 valence electrons. The van der Waals surface area contributed by atoms with Crippen LogP contribution in [-0.2, 0) is 21.4 Å². The standard InChI is InChI=1S/C19H33N5O3S/c1-18(2,3)23-16(25)13-22-17(20-7)21-12-14-10-8-9-11-15(14)28(26,27)24-19(4,5)6/h8-11,24H,12-13H2,1-7H3,(H,23,25)(H2,20,21,22). The molecule has 1 aromatic rings. The molecule has 9 heteroatoms. The molecule has 0 aliphatic carbocycles. The third-order valence-electron chi connectivity index (χ3n) is 3.30. The number of benzene rings is 1. The molecule has 0 saturated carbocycles. The monoisotopic (exact) mass is 411 g/mol. The van der Waals surface area contributed by atoms with Crippen molar-refractivity contribution in [3.05, 3.63) is 29.8 Å². The highest BCUT2D eigenvalue weighted by Crippen LogP contribution is 2.17. The van der Waals surface area contributed by atoms with E-state index in [0.29, 0.717) is 11.5 Å². The van der Waals surface area contributed by atoms with Gasteiger partial charge in [0.25, 0.3) is 0 Å². The summed E-state index contributed by atoms with van der Waals surface area (Å²) in [6, 6.07) is 6.77. The summed E-state index contributed by atoms with van der Waals surface area (Å²) in [7, 11) is -2.08. The Morgan fingerprint density at radius 3 is 2.14 bits per heavy atom. The average molecular weight is 412 g/mol. The molecule has 1 amide bonds. The summed E-state index contributed by atoms with van der Waals surface area (Å²) in [5.74, 6) is 0.243. The number of carbonyl (C=O) groups is 1. The molecule has 28 heavy (non-hydrogen) atoms. The Balaban J connectivity index is 2.80. The van der Waals surface area contributed by atoms with Gasteiger partial charge in [0.2, 0.25) is 15.9 Å². The van der Waals surface area contributed by atoms with E-state index in [9.17, 15) is 13.2 Å². The van der Waals surface area contributed by atoms with Crippen molar-refractivity contribution >= 4 is 21.9 Å². The van der Waals surface area contributed by atoms with E-state index in [1.165, 1.54) is 0 Å². The van der Waals surface area contributed by atoms with E-state index in [-0.39, 0.29) is 29.4 Å². The molecule has 0 aliphatic rings. The van der Waals surface area contributed by atoms with Crippen LogP contribution in [0.15, 0.2) is 34.2 Å². The zero-order valence-electron chi connectivity index (χ0n) is 17.8. The van der Waals surface area contributed by atoms with Gasteiger partial charge < -0.3 is 16.0 Å². The number of nitrogens with one attached hydrogen (secondary N) is 4. The second-order valence-corrected chi connectivity index (χ2v) is 10.2. The quantitative estimate of drug-likeness (QED) is 0.417. The molecule has 4 N–H and O–H groups in total. The number of rotatable bonds is 6. The first kappa shape index (κ1) is 23.9. The maximum absolute atomic E-state index is 12.7. The van der Waals surface area contributed by atoms with Crippen molar-refractivity contribution in [1.29, 1.82) is 0 Å². The summed E-state index contributed by atoms with van der Waals surface area (Å²) in [5, 5.41) is 8.82. The molecule has 0 fully saturated rings. The highest BCUT2D eigenvalue weighted by Gasteiger charge is 2.24. The smallest absolute Gasteiger partial charge is 0.241 e. The van der Waals surface area contributed by atoms with E-state index in [1.54, 1.807) is 52.1 Å². The number of sulfonamides is 1. The minimum absolute atomic E-state index is 0.0580. The molecule has 0 heterocycles. The van der Waals surface area contributed by atoms with E-state index >= 15 is 0 Å². The second-order valence-electron chi connectivity index (χ2n) is 8.54. The lowest BCUT2D eigenvalue weighted by Gasteiger charge is -2.22. The molecule has 1 aromatic carbocycles. The maximum Gasteiger partial charge on any atom is 0.241 e. The van der Waals surface area contributed by atoms with E-state index in [1.807, 2.05) is 20.8 Å². The predicted octanol–water partition coefficient (Wildman–Crippen LogP) is 1.34. The lowest BCUT2D eigenvalue weighted by molar-refractivity contribution is -0.121. The van der Waals surface area contributed by atoms with Gasteiger partial charge >= 0.3 is 0 Å². The van der Waals surface area contributed by atoms with Crippen LogP contribution in [0.5, 0.6) is 0 Å². The molecule has 0 unspecified atom stereocenters. The summed E-state index contributed by atoms with van der Waals surface area (Å²) in [6.07, 6.45) is 0. The van der Waals surface area contributed by atoms with Gasteiger partial charge in [-0.2, -0.15) is 0 Å². The van der Waals surface area contributed by atoms with E-state index in [4.69, 9.17) is 0 Å². The van der Waals surface area contributed by atoms with E-state index < -0.39 is 15.6 Å². The fourth-order valence-corrected chi connectivity index (χ4v) is 4.06. The Morgan fingerprint density at radius 1 is 1.00 bits per heavy atom. The van der Waals surface area contributed by atoms with Crippen molar-refractivity contribution in [1.82, 2.24) is 20.7 Å². The van der Waals surface area contributed by atoms with Gasteiger partial charge in [-0.15, -0.1) is 0 Å². The van der Waals surface area contributed by atoms with Gasteiger partial charge in [0, 0.05) is 24.7 Å². The largest absolute Gasteiger partial charge is 0.352 e. The third-order valence-corrected chi connectivity index (χ3v) is 5.16. The van der Waals surface area contributed by atoms with Crippen LogP contribution in [0.25, 0.3) is 0 Å². The molecule has 0 saturated heterocycles. The minimum atomic E-state index is -3.66. The predicted molar refractivity (Wildman–Crippen MR) is 113 cm³/mol. The van der Waals surface area contributed by atoms with E-state index in [2.05, 4.69) is 25.7 Å². The van der Waals surface area contributed by atoms with Crippen molar-refractivity contribution in [2.75, 3.05) is 13.6 Å². The van der Waals surface area contributed by atoms with Crippen LogP contribution in [0, 0.1) is 0 Å². The molecular formula is C19H33N5O3S. The van der Waals surface area contributed by atoms with Crippen LogP contribution in [0.3, 0.4) is 0 Å². The summed E-state index contributed by atoms with van der Waals surface area (Å²) >= 11 is 0. The van der Waals surface area contributed by atoms with Crippen molar-refractivity contribution in [3.63, 3.8) is 0 Å². The molecule has 8 nitrogen and oxygen atoms in total. The van der Waals surface area contributed by atoms with Crippen LogP contribution >= 0.6 is 0 Å². The zero-order valence-corrected chi connectivity index (χ0v) is 18.6. The number of amides is 1. The zero-order chi connectivity index (χ0) is 21.6. The summed E-state index contributed by atoms with van der Waals surface area (Å²) < 4.78 is 28.0. The van der Waals surface area contributed by atoms with Gasteiger partial charge in [-0.1, -0.05) is 18.2 Å². The van der Waals surface area contributed by atoms with Crippen molar-refractivity contribution in [3.8, 4) is 0 Å². The molecule has 0 bridgehead atoms. The molecular weight excluding hydrogens is 378 g/mol. The normalized spacial score (nSPS) is 13.2. The average Bonchev–Trinajstić information content (AvgIpc) is 2.51. The number of hydrogen-bond acceptors (Lipinski definition) is 4. The summed E-state index contributed by atoms with van der Waals surface area (Å²) in [6.45, 7) is 11.4. The van der Waals surface area contributed by atoms with E-state index in [0.717, 1.165) is 0 Å². The molecule has 0 aliphatic heterocycles. The Labute approximate surface area is 168 Å². The number of nitrogens with zero attached hydrogens (tertiary/aromatic N) is 1. The van der Waals surface area contributed by atoms with Crippen LogP contribution in [0.1, 0.15) is 47.1 Å². The lowest BCUT2D eigenvalue weighted by Crippen LogP contribution is -2.48. The highest BCUT2D eigenvalue weighted by molar-refractivity contribution is 7.89. The van der Waals surface area contributed by atoms with Gasteiger partial charge in [-0.3, -0.25) is 9.79 Å². The minimum Gasteiger partial charge on any atom is -0.352 e.